The van der Waals surface area contributed by atoms with Crippen LogP contribution in [0, 0.1) is 13.8 Å². The first-order valence-electron chi connectivity index (χ1n) is 8.92. The van der Waals surface area contributed by atoms with Gasteiger partial charge in [-0.2, -0.15) is 0 Å². The SMILES string of the molecule is Cc1cc(C(=O)N2CCCN(Cc3nncn3C(C)C)CC2)c(C)o1. The summed E-state index contributed by atoms with van der Waals surface area (Å²) in [7, 11) is 0. The van der Waals surface area contributed by atoms with Crippen LogP contribution in [-0.2, 0) is 6.54 Å². The molecule has 0 unspecified atom stereocenters. The van der Waals surface area contributed by atoms with Gasteiger partial charge in [0.15, 0.2) is 0 Å². The van der Waals surface area contributed by atoms with Crippen molar-refractivity contribution in [2.75, 3.05) is 26.2 Å². The standard InChI is InChI=1S/C18H27N5O2/c1-13(2)23-12-19-20-17(23)11-21-6-5-7-22(9-8-21)18(24)16-10-14(3)25-15(16)4/h10,12-13H,5-9,11H2,1-4H3. The molecular formula is C18H27N5O2. The molecule has 0 N–H and O–H groups in total. The van der Waals surface area contributed by atoms with E-state index >= 15 is 0 Å². The van der Waals surface area contributed by atoms with Gasteiger partial charge in [0, 0.05) is 32.2 Å². The Morgan fingerprint density at radius 2 is 2.04 bits per heavy atom. The normalized spacial score (nSPS) is 16.4. The van der Waals surface area contributed by atoms with E-state index in [1.165, 1.54) is 0 Å². The second kappa shape index (κ2) is 7.39. The molecule has 25 heavy (non-hydrogen) atoms. The van der Waals surface area contributed by atoms with Crippen LogP contribution in [0.2, 0.25) is 0 Å². The van der Waals surface area contributed by atoms with E-state index < -0.39 is 0 Å². The number of carbonyl (C=O) groups is 1. The fraction of sp³-hybridized carbons (Fsp3) is 0.611. The average Bonchev–Trinajstić information content (AvgIpc) is 3.07. The van der Waals surface area contributed by atoms with Gasteiger partial charge in [0.1, 0.15) is 23.7 Å². The smallest absolute Gasteiger partial charge is 0.257 e. The molecule has 0 radical (unpaired) electrons. The van der Waals surface area contributed by atoms with Gasteiger partial charge in [0.2, 0.25) is 0 Å². The maximum atomic E-state index is 12.8. The number of aryl methyl sites for hydroxylation is 2. The van der Waals surface area contributed by atoms with Crippen LogP contribution in [0.15, 0.2) is 16.8 Å². The second-order valence-corrected chi connectivity index (χ2v) is 7.00. The molecule has 2 aromatic rings. The lowest BCUT2D eigenvalue weighted by atomic mass is 10.2. The van der Waals surface area contributed by atoms with E-state index in [1.807, 2.05) is 24.8 Å². The lowest BCUT2D eigenvalue weighted by molar-refractivity contribution is 0.0759. The molecule has 0 aliphatic carbocycles. The highest BCUT2D eigenvalue weighted by atomic mass is 16.3. The van der Waals surface area contributed by atoms with Crippen molar-refractivity contribution in [3.05, 3.63) is 35.3 Å². The Balaban J connectivity index is 1.63. The fourth-order valence-electron chi connectivity index (χ4n) is 3.36. The van der Waals surface area contributed by atoms with E-state index in [2.05, 4.69) is 33.5 Å². The Bertz CT molecular complexity index is 734. The van der Waals surface area contributed by atoms with E-state index in [1.54, 1.807) is 6.33 Å². The van der Waals surface area contributed by atoms with Crippen molar-refractivity contribution in [1.29, 1.82) is 0 Å². The van der Waals surface area contributed by atoms with Gasteiger partial charge in [-0.15, -0.1) is 10.2 Å². The zero-order valence-electron chi connectivity index (χ0n) is 15.5. The second-order valence-electron chi connectivity index (χ2n) is 7.00. The Kier molecular flexibility index (Phi) is 5.22. The number of rotatable bonds is 4. The average molecular weight is 345 g/mol. The largest absolute Gasteiger partial charge is 0.466 e. The zero-order chi connectivity index (χ0) is 18.0. The third-order valence-corrected chi connectivity index (χ3v) is 4.72. The molecule has 0 saturated carbocycles. The molecule has 1 saturated heterocycles. The molecule has 1 aliphatic heterocycles. The molecule has 0 atom stereocenters. The Hall–Kier alpha value is -2.15. The minimum Gasteiger partial charge on any atom is -0.466 e. The van der Waals surface area contributed by atoms with Crippen molar-refractivity contribution in [2.24, 2.45) is 0 Å². The van der Waals surface area contributed by atoms with Gasteiger partial charge >= 0.3 is 0 Å². The summed E-state index contributed by atoms with van der Waals surface area (Å²) in [5, 5.41) is 8.30. The van der Waals surface area contributed by atoms with Crippen LogP contribution < -0.4 is 0 Å². The van der Waals surface area contributed by atoms with E-state index in [4.69, 9.17) is 4.42 Å². The van der Waals surface area contributed by atoms with Gasteiger partial charge in [-0.05, 0) is 40.2 Å². The van der Waals surface area contributed by atoms with E-state index in [0.29, 0.717) is 17.4 Å². The number of amides is 1. The summed E-state index contributed by atoms with van der Waals surface area (Å²) in [4.78, 5) is 17.1. The predicted molar refractivity (Wildman–Crippen MR) is 94.4 cm³/mol. The number of nitrogens with zero attached hydrogens (tertiary/aromatic N) is 5. The van der Waals surface area contributed by atoms with Gasteiger partial charge in [-0.3, -0.25) is 9.69 Å². The van der Waals surface area contributed by atoms with Crippen LogP contribution >= 0.6 is 0 Å². The molecule has 0 bridgehead atoms. The lowest BCUT2D eigenvalue weighted by Crippen LogP contribution is -2.35. The van der Waals surface area contributed by atoms with Crippen molar-refractivity contribution in [3.63, 3.8) is 0 Å². The maximum absolute atomic E-state index is 12.8. The zero-order valence-corrected chi connectivity index (χ0v) is 15.5. The van der Waals surface area contributed by atoms with Crippen molar-refractivity contribution in [2.45, 2.75) is 46.7 Å². The molecule has 7 heteroatoms. The number of aromatic nitrogens is 3. The third kappa shape index (κ3) is 3.92. The topological polar surface area (TPSA) is 67.4 Å². The molecule has 1 amide bonds. The van der Waals surface area contributed by atoms with Crippen molar-refractivity contribution in [1.82, 2.24) is 24.6 Å². The number of hydrogen-bond acceptors (Lipinski definition) is 5. The molecule has 1 aliphatic rings. The van der Waals surface area contributed by atoms with Crippen molar-refractivity contribution in [3.8, 4) is 0 Å². The van der Waals surface area contributed by atoms with Gasteiger partial charge < -0.3 is 13.9 Å². The van der Waals surface area contributed by atoms with E-state index in [-0.39, 0.29) is 5.91 Å². The molecule has 3 rings (SSSR count). The Morgan fingerprint density at radius 1 is 1.24 bits per heavy atom. The van der Waals surface area contributed by atoms with Crippen LogP contribution in [0.1, 0.15) is 54.0 Å². The highest BCUT2D eigenvalue weighted by molar-refractivity contribution is 5.95. The summed E-state index contributed by atoms with van der Waals surface area (Å²) < 4.78 is 7.61. The quantitative estimate of drug-likeness (QED) is 0.851. The van der Waals surface area contributed by atoms with E-state index in [9.17, 15) is 4.79 Å². The summed E-state index contributed by atoms with van der Waals surface area (Å²) in [5.41, 5.74) is 0.686. The van der Waals surface area contributed by atoms with Crippen LogP contribution in [-0.4, -0.2) is 56.7 Å². The molecule has 7 nitrogen and oxygen atoms in total. The molecule has 0 spiro atoms. The fourth-order valence-corrected chi connectivity index (χ4v) is 3.36. The highest BCUT2D eigenvalue weighted by Crippen LogP contribution is 2.18. The number of furan rings is 1. The van der Waals surface area contributed by atoms with Crippen molar-refractivity contribution >= 4 is 5.91 Å². The van der Waals surface area contributed by atoms with Crippen LogP contribution in [0.4, 0.5) is 0 Å². The monoisotopic (exact) mass is 345 g/mol. The summed E-state index contributed by atoms with van der Waals surface area (Å²) in [6, 6.07) is 2.19. The summed E-state index contributed by atoms with van der Waals surface area (Å²) >= 11 is 0. The molecular weight excluding hydrogens is 318 g/mol. The third-order valence-electron chi connectivity index (χ3n) is 4.72. The molecule has 2 aromatic heterocycles. The maximum Gasteiger partial charge on any atom is 0.257 e. The van der Waals surface area contributed by atoms with Gasteiger partial charge in [0.25, 0.3) is 5.91 Å². The summed E-state index contributed by atoms with van der Waals surface area (Å²) in [6.45, 7) is 12.0. The first kappa shape index (κ1) is 17.7. The highest BCUT2D eigenvalue weighted by Gasteiger charge is 2.24. The summed E-state index contributed by atoms with van der Waals surface area (Å²) in [6.07, 6.45) is 2.75. The van der Waals surface area contributed by atoms with Crippen LogP contribution in [0.25, 0.3) is 0 Å². The first-order chi connectivity index (χ1) is 12.0. The number of hydrogen-bond donors (Lipinski definition) is 0. The summed E-state index contributed by atoms with van der Waals surface area (Å²) in [5.74, 6) is 2.54. The van der Waals surface area contributed by atoms with Gasteiger partial charge in [0.05, 0.1) is 12.1 Å². The molecule has 136 valence electrons. The van der Waals surface area contributed by atoms with E-state index in [0.717, 1.165) is 50.7 Å². The minimum atomic E-state index is 0.0709. The first-order valence-corrected chi connectivity index (χ1v) is 8.92. The Labute approximate surface area is 148 Å². The molecule has 1 fully saturated rings. The Morgan fingerprint density at radius 3 is 2.72 bits per heavy atom. The molecule has 3 heterocycles. The minimum absolute atomic E-state index is 0.0709. The number of carbonyl (C=O) groups excluding carboxylic acids is 1. The predicted octanol–water partition coefficient (Wildman–Crippen LogP) is 2.42. The van der Waals surface area contributed by atoms with Crippen LogP contribution in [0.5, 0.6) is 0 Å². The van der Waals surface area contributed by atoms with Gasteiger partial charge in [-0.25, -0.2) is 0 Å². The van der Waals surface area contributed by atoms with Crippen molar-refractivity contribution < 1.29 is 9.21 Å². The van der Waals surface area contributed by atoms with Gasteiger partial charge in [-0.1, -0.05) is 0 Å². The molecule has 0 aromatic carbocycles. The van der Waals surface area contributed by atoms with Crippen LogP contribution in [0.3, 0.4) is 0 Å². The lowest BCUT2D eigenvalue weighted by Gasteiger charge is -2.22.